The normalized spacial score (nSPS) is 12.2. The summed E-state index contributed by atoms with van der Waals surface area (Å²) in [7, 11) is 0. The zero-order valence-electron chi connectivity index (χ0n) is 53.4. The Hall–Kier alpha value is -2.37. The summed E-state index contributed by atoms with van der Waals surface area (Å²) in [5, 5.41) is 0. The Morgan fingerprint density at radius 2 is 0.494 bits per heavy atom. The zero-order chi connectivity index (χ0) is 57.1. The second-order valence-electron chi connectivity index (χ2n) is 24.1. The molecule has 79 heavy (non-hydrogen) atoms. The molecule has 0 aliphatic carbocycles. The van der Waals surface area contributed by atoms with Crippen LogP contribution in [0.5, 0.6) is 0 Å². The van der Waals surface area contributed by atoms with Crippen LogP contribution in [0.1, 0.15) is 393 Å². The van der Waals surface area contributed by atoms with Gasteiger partial charge in [-0.3, -0.25) is 14.4 Å². The number of esters is 3. The van der Waals surface area contributed by atoms with Crippen molar-refractivity contribution in [2.24, 2.45) is 0 Å². The molecular formula is C73H136O6. The predicted octanol–water partition coefficient (Wildman–Crippen LogP) is 24.3. The quantitative estimate of drug-likeness (QED) is 0.0261. The van der Waals surface area contributed by atoms with E-state index in [1.807, 2.05) is 0 Å². The van der Waals surface area contributed by atoms with Gasteiger partial charge in [-0.05, 0) is 51.4 Å². The van der Waals surface area contributed by atoms with Crippen molar-refractivity contribution in [3.63, 3.8) is 0 Å². The smallest absolute Gasteiger partial charge is 0.306 e. The summed E-state index contributed by atoms with van der Waals surface area (Å²) in [6, 6.07) is 0. The van der Waals surface area contributed by atoms with Crippen molar-refractivity contribution in [3.05, 3.63) is 36.5 Å². The second-order valence-corrected chi connectivity index (χ2v) is 24.1. The zero-order valence-corrected chi connectivity index (χ0v) is 53.4. The van der Waals surface area contributed by atoms with Crippen molar-refractivity contribution >= 4 is 17.9 Å². The van der Waals surface area contributed by atoms with Crippen molar-refractivity contribution < 1.29 is 28.6 Å². The molecule has 0 fully saturated rings. The highest BCUT2D eigenvalue weighted by atomic mass is 16.6. The Kier molecular flexibility index (Phi) is 66.1. The summed E-state index contributed by atoms with van der Waals surface area (Å²) < 4.78 is 17.0. The lowest BCUT2D eigenvalue weighted by Gasteiger charge is -2.18. The van der Waals surface area contributed by atoms with E-state index < -0.39 is 6.10 Å². The van der Waals surface area contributed by atoms with E-state index in [0.29, 0.717) is 19.3 Å². The van der Waals surface area contributed by atoms with E-state index in [4.69, 9.17) is 14.2 Å². The van der Waals surface area contributed by atoms with Crippen LogP contribution in [0.15, 0.2) is 36.5 Å². The number of rotatable bonds is 66. The van der Waals surface area contributed by atoms with Gasteiger partial charge in [0, 0.05) is 19.3 Å². The Balaban J connectivity index is 4.18. The summed E-state index contributed by atoms with van der Waals surface area (Å²) >= 11 is 0. The topological polar surface area (TPSA) is 78.9 Å². The van der Waals surface area contributed by atoms with Gasteiger partial charge in [-0.15, -0.1) is 0 Å². The summed E-state index contributed by atoms with van der Waals surface area (Å²) in [4.78, 5) is 38.4. The minimum Gasteiger partial charge on any atom is -0.462 e. The van der Waals surface area contributed by atoms with Gasteiger partial charge >= 0.3 is 17.9 Å². The molecule has 0 spiro atoms. The number of hydrogen-bond donors (Lipinski definition) is 0. The average molecular weight is 1110 g/mol. The average Bonchev–Trinajstić information content (AvgIpc) is 3.45. The van der Waals surface area contributed by atoms with Crippen LogP contribution in [0, 0.1) is 0 Å². The van der Waals surface area contributed by atoms with Gasteiger partial charge < -0.3 is 14.2 Å². The Bertz CT molecular complexity index is 1320. The number of hydrogen-bond acceptors (Lipinski definition) is 6. The maximum atomic E-state index is 12.9. The van der Waals surface area contributed by atoms with Gasteiger partial charge in [0.1, 0.15) is 13.2 Å². The molecule has 0 heterocycles. The molecule has 0 radical (unpaired) electrons. The maximum Gasteiger partial charge on any atom is 0.306 e. The first-order valence-electron chi connectivity index (χ1n) is 35.5. The third-order valence-corrected chi connectivity index (χ3v) is 16.2. The molecule has 0 amide bonds. The Labute approximate surface area is 493 Å². The minimum atomic E-state index is -0.775. The van der Waals surface area contributed by atoms with Gasteiger partial charge in [-0.2, -0.15) is 0 Å². The van der Waals surface area contributed by atoms with Gasteiger partial charge in [0.25, 0.3) is 0 Å². The first-order valence-corrected chi connectivity index (χ1v) is 35.5. The lowest BCUT2D eigenvalue weighted by Crippen LogP contribution is -2.30. The van der Waals surface area contributed by atoms with Crippen molar-refractivity contribution in [1.82, 2.24) is 0 Å². The number of ether oxygens (including phenoxy) is 3. The molecule has 0 saturated carbocycles. The molecule has 464 valence electrons. The summed E-state index contributed by atoms with van der Waals surface area (Å²) in [6.07, 6.45) is 84.7. The highest BCUT2D eigenvalue weighted by molar-refractivity contribution is 5.71. The number of unbranched alkanes of at least 4 members (excludes halogenated alkanes) is 49. The van der Waals surface area contributed by atoms with Crippen LogP contribution < -0.4 is 0 Å². The van der Waals surface area contributed by atoms with Gasteiger partial charge in [0.15, 0.2) is 6.10 Å². The molecule has 0 saturated heterocycles. The van der Waals surface area contributed by atoms with Crippen molar-refractivity contribution in [2.45, 2.75) is 399 Å². The van der Waals surface area contributed by atoms with Crippen molar-refractivity contribution in [3.8, 4) is 0 Å². The summed E-state index contributed by atoms with van der Waals surface area (Å²) in [6.45, 7) is 6.60. The van der Waals surface area contributed by atoms with Crippen LogP contribution >= 0.6 is 0 Å². The van der Waals surface area contributed by atoms with E-state index in [2.05, 4.69) is 57.2 Å². The summed E-state index contributed by atoms with van der Waals surface area (Å²) in [5.74, 6) is -0.851. The van der Waals surface area contributed by atoms with Gasteiger partial charge in [0.2, 0.25) is 0 Å². The molecule has 0 aromatic heterocycles. The second kappa shape index (κ2) is 68.1. The first kappa shape index (κ1) is 76.6. The van der Waals surface area contributed by atoms with Crippen LogP contribution in [-0.4, -0.2) is 37.2 Å². The van der Waals surface area contributed by atoms with E-state index in [9.17, 15) is 14.4 Å². The number of carbonyl (C=O) groups is 3. The van der Waals surface area contributed by atoms with Gasteiger partial charge in [0.05, 0.1) is 0 Å². The highest BCUT2D eigenvalue weighted by Crippen LogP contribution is 2.19. The van der Waals surface area contributed by atoms with E-state index in [0.717, 1.165) is 83.5 Å². The fourth-order valence-electron chi connectivity index (χ4n) is 10.9. The van der Waals surface area contributed by atoms with E-state index in [-0.39, 0.29) is 31.1 Å². The Morgan fingerprint density at radius 1 is 0.266 bits per heavy atom. The third-order valence-electron chi connectivity index (χ3n) is 16.2. The predicted molar refractivity (Wildman–Crippen MR) is 344 cm³/mol. The standard InChI is InChI=1S/C73H136O6/c1-4-7-10-13-16-19-22-25-28-30-31-32-33-34-35-36-37-38-39-40-41-43-45-48-51-54-57-60-63-66-72(75)78-69-70(68-77-71(74)65-62-59-56-53-50-47-44-27-24-21-18-15-12-9-6-3)79-73(76)67-64-61-58-55-52-49-46-42-29-26-23-20-17-14-11-8-5-2/h8,11,17,20,26,29,70H,4-7,9-10,12-16,18-19,21-25,27-28,30-69H2,1-3H3/b11-8-,20-17-,29-26-. The monoisotopic (exact) mass is 1110 g/mol. The van der Waals surface area contributed by atoms with E-state index in [1.54, 1.807) is 0 Å². The molecule has 0 aliphatic heterocycles. The first-order chi connectivity index (χ1) is 39.0. The van der Waals surface area contributed by atoms with Crippen molar-refractivity contribution in [1.29, 1.82) is 0 Å². The number of allylic oxidation sites excluding steroid dienone is 6. The molecule has 0 aromatic carbocycles. The molecule has 6 heteroatoms. The highest BCUT2D eigenvalue weighted by Gasteiger charge is 2.19. The lowest BCUT2D eigenvalue weighted by molar-refractivity contribution is -0.167. The molecule has 0 bridgehead atoms. The fourth-order valence-corrected chi connectivity index (χ4v) is 10.9. The van der Waals surface area contributed by atoms with Crippen molar-refractivity contribution in [2.75, 3.05) is 13.2 Å². The van der Waals surface area contributed by atoms with Crippen LogP contribution in [0.4, 0.5) is 0 Å². The lowest BCUT2D eigenvalue weighted by atomic mass is 10.0. The molecule has 0 rings (SSSR count). The van der Waals surface area contributed by atoms with Crippen LogP contribution in [0.3, 0.4) is 0 Å². The molecule has 6 nitrogen and oxygen atoms in total. The molecule has 1 unspecified atom stereocenters. The fraction of sp³-hybridized carbons (Fsp3) is 0.877. The van der Waals surface area contributed by atoms with Crippen LogP contribution in [0.25, 0.3) is 0 Å². The molecular weight excluding hydrogens is 973 g/mol. The van der Waals surface area contributed by atoms with E-state index >= 15 is 0 Å². The largest absolute Gasteiger partial charge is 0.462 e. The molecule has 0 aliphatic rings. The Morgan fingerprint density at radius 3 is 0.772 bits per heavy atom. The van der Waals surface area contributed by atoms with Gasteiger partial charge in [-0.25, -0.2) is 0 Å². The third kappa shape index (κ3) is 66.3. The van der Waals surface area contributed by atoms with E-state index in [1.165, 1.54) is 270 Å². The molecule has 0 N–H and O–H groups in total. The summed E-state index contributed by atoms with van der Waals surface area (Å²) in [5.41, 5.74) is 0. The van der Waals surface area contributed by atoms with Crippen LogP contribution in [-0.2, 0) is 28.6 Å². The SMILES string of the molecule is CC/C=C\C/C=C\C/C=C\CCCCCCCCCC(=O)OC(COC(=O)CCCCCCCCCCCCCCCCC)COC(=O)CCCCCCCCCCCCCCCCCCCCCCCCCCCCCCC. The van der Waals surface area contributed by atoms with Gasteiger partial charge in [-0.1, -0.05) is 359 Å². The maximum absolute atomic E-state index is 12.9. The molecule has 0 aromatic rings. The minimum absolute atomic E-state index is 0.0705. The number of carbonyl (C=O) groups excluding carboxylic acids is 3. The molecule has 1 atom stereocenters. The van der Waals surface area contributed by atoms with Crippen LogP contribution in [0.2, 0.25) is 0 Å².